The monoisotopic (exact) mass is 266 g/mol. The van der Waals surface area contributed by atoms with Gasteiger partial charge in [-0.3, -0.25) is 0 Å². The molecule has 2 unspecified atom stereocenters. The molecular weight excluding hydrogens is 240 g/mol. The van der Waals surface area contributed by atoms with Crippen LogP contribution in [0.2, 0.25) is 0 Å². The van der Waals surface area contributed by atoms with Crippen LogP contribution in [0.15, 0.2) is 17.5 Å². The van der Waals surface area contributed by atoms with Crippen molar-refractivity contribution in [2.45, 2.75) is 45.7 Å². The largest absolute Gasteiger partial charge is 0.327 e. The summed E-state index contributed by atoms with van der Waals surface area (Å²) in [5.41, 5.74) is 6.77. The topological polar surface area (TPSA) is 29.3 Å². The highest BCUT2D eigenvalue weighted by Crippen LogP contribution is 2.38. The van der Waals surface area contributed by atoms with Gasteiger partial charge in [-0.15, -0.1) is 11.3 Å². The fourth-order valence-corrected chi connectivity index (χ4v) is 3.93. The molecule has 2 rings (SSSR count). The highest BCUT2D eigenvalue weighted by atomic mass is 32.1. The van der Waals surface area contributed by atoms with E-state index in [1.54, 1.807) is 0 Å². The molecule has 18 heavy (non-hydrogen) atoms. The number of thiophene rings is 1. The van der Waals surface area contributed by atoms with Gasteiger partial charge in [-0.25, -0.2) is 0 Å². The van der Waals surface area contributed by atoms with Gasteiger partial charge in [0.1, 0.15) is 0 Å². The molecule has 1 aromatic heterocycles. The second kappa shape index (κ2) is 5.72. The molecule has 102 valence electrons. The van der Waals surface area contributed by atoms with E-state index in [1.165, 1.54) is 24.1 Å². The molecule has 1 aliphatic rings. The van der Waals surface area contributed by atoms with Gasteiger partial charge in [0, 0.05) is 24.0 Å². The Morgan fingerprint density at radius 1 is 1.50 bits per heavy atom. The highest BCUT2D eigenvalue weighted by molar-refractivity contribution is 7.09. The Morgan fingerprint density at radius 3 is 2.94 bits per heavy atom. The molecule has 0 aromatic carbocycles. The summed E-state index contributed by atoms with van der Waals surface area (Å²) in [5, 5.41) is 2.15. The van der Waals surface area contributed by atoms with E-state index in [9.17, 15) is 0 Å². The van der Waals surface area contributed by atoms with Gasteiger partial charge in [-0.2, -0.15) is 0 Å². The molecule has 0 spiro atoms. The van der Waals surface area contributed by atoms with Crippen molar-refractivity contribution in [1.29, 1.82) is 0 Å². The van der Waals surface area contributed by atoms with Gasteiger partial charge >= 0.3 is 0 Å². The maximum absolute atomic E-state index is 6.45. The van der Waals surface area contributed by atoms with Crippen LogP contribution < -0.4 is 5.73 Å². The lowest BCUT2D eigenvalue weighted by Crippen LogP contribution is -2.49. The first-order valence-electron chi connectivity index (χ1n) is 6.95. The average molecular weight is 266 g/mol. The Morgan fingerprint density at radius 2 is 2.28 bits per heavy atom. The molecule has 1 aliphatic carbocycles. The van der Waals surface area contributed by atoms with Crippen molar-refractivity contribution in [3.05, 3.63) is 22.4 Å². The maximum Gasteiger partial charge on any atom is 0.0324 e. The van der Waals surface area contributed by atoms with Crippen LogP contribution in [-0.2, 0) is 6.54 Å². The van der Waals surface area contributed by atoms with Crippen LogP contribution in [0.5, 0.6) is 0 Å². The summed E-state index contributed by atoms with van der Waals surface area (Å²) in [6.07, 6.45) is 3.90. The zero-order valence-corrected chi connectivity index (χ0v) is 12.7. The molecule has 2 nitrogen and oxygen atoms in total. The molecule has 1 aromatic rings. The second-order valence-electron chi connectivity index (χ2n) is 6.44. The number of nitrogens with two attached hydrogens (primary N) is 1. The van der Waals surface area contributed by atoms with Crippen LogP contribution in [-0.4, -0.2) is 24.5 Å². The molecule has 2 atom stereocenters. The normalized spacial score (nSPS) is 27.6. The number of rotatable bonds is 4. The third-order valence-electron chi connectivity index (χ3n) is 4.36. The smallest absolute Gasteiger partial charge is 0.0324 e. The summed E-state index contributed by atoms with van der Waals surface area (Å²) in [6.45, 7) is 6.83. The molecule has 1 fully saturated rings. The number of nitrogens with zero attached hydrogens (tertiary/aromatic N) is 1. The van der Waals surface area contributed by atoms with E-state index in [4.69, 9.17) is 5.73 Å². The van der Waals surface area contributed by atoms with Crippen LogP contribution >= 0.6 is 11.3 Å². The van der Waals surface area contributed by atoms with Crippen molar-refractivity contribution in [1.82, 2.24) is 4.90 Å². The van der Waals surface area contributed by atoms with Gasteiger partial charge in [0.25, 0.3) is 0 Å². The Bertz CT molecular complexity index is 359. The quantitative estimate of drug-likeness (QED) is 0.905. The predicted octanol–water partition coefficient (Wildman–Crippen LogP) is 3.33. The Labute approximate surface area is 115 Å². The minimum atomic E-state index is 0.312. The van der Waals surface area contributed by atoms with Crippen molar-refractivity contribution in [2.75, 3.05) is 13.6 Å². The minimum absolute atomic E-state index is 0.312. The fourth-order valence-electron chi connectivity index (χ4n) is 3.14. The van der Waals surface area contributed by atoms with E-state index in [0.717, 1.165) is 13.1 Å². The third kappa shape index (κ3) is 3.34. The zero-order valence-electron chi connectivity index (χ0n) is 11.9. The Hall–Kier alpha value is -0.380. The zero-order chi connectivity index (χ0) is 13.2. The summed E-state index contributed by atoms with van der Waals surface area (Å²) in [6, 6.07) is 4.69. The van der Waals surface area contributed by atoms with Crippen molar-refractivity contribution in [3.8, 4) is 0 Å². The lowest BCUT2D eigenvalue weighted by atomic mass is 9.68. The van der Waals surface area contributed by atoms with E-state index >= 15 is 0 Å². The first-order valence-corrected chi connectivity index (χ1v) is 7.83. The minimum Gasteiger partial charge on any atom is -0.327 e. The molecule has 0 saturated heterocycles. The van der Waals surface area contributed by atoms with E-state index in [1.807, 2.05) is 11.3 Å². The van der Waals surface area contributed by atoms with Gasteiger partial charge in [0.05, 0.1) is 0 Å². The van der Waals surface area contributed by atoms with Crippen molar-refractivity contribution in [2.24, 2.45) is 17.1 Å². The third-order valence-corrected chi connectivity index (χ3v) is 5.22. The Kier molecular flexibility index (Phi) is 4.46. The SMILES string of the molecule is CN(Cc1cccs1)CC1CCCC(C)(C)C1N. The highest BCUT2D eigenvalue weighted by Gasteiger charge is 2.36. The van der Waals surface area contributed by atoms with Crippen LogP contribution in [0.3, 0.4) is 0 Å². The van der Waals surface area contributed by atoms with Gasteiger partial charge in [-0.1, -0.05) is 26.3 Å². The Balaban J connectivity index is 1.88. The summed E-state index contributed by atoms with van der Waals surface area (Å²) in [4.78, 5) is 3.87. The summed E-state index contributed by atoms with van der Waals surface area (Å²) < 4.78 is 0. The number of hydrogen-bond acceptors (Lipinski definition) is 3. The molecule has 2 N–H and O–H groups in total. The van der Waals surface area contributed by atoms with Gasteiger partial charge in [0.2, 0.25) is 0 Å². The average Bonchev–Trinajstić information content (AvgIpc) is 2.77. The first-order chi connectivity index (χ1) is 8.49. The lowest BCUT2D eigenvalue weighted by molar-refractivity contribution is 0.109. The first kappa shape index (κ1) is 14.0. The summed E-state index contributed by atoms with van der Waals surface area (Å²) in [7, 11) is 2.22. The molecule has 0 aliphatic heterocycles. The van der Waals surface area contributed by atoms with Crippen LogP contribution in [0.25, 0.3) is 0 Å². The molecule has 1 saturated carbocycles. The van der Waals surface area contributed by atoms with Crippen LogP contribution in [0.4, 0.5) is 0 Å². The van der Waals surface area contributed by atoms with Crippen LogP contribution in [0, 0.1) is 11.3 Å². The standard InChI is InChI=1S/C15H26N2S/c1-15(2)8-4-6-12(14(15)16)10-17(3)11-13-7-5-9-18-13/h5,7,9,12,14H,4,6,8,10-11,16H2,1-3H3. The van der Waals surface area contributed by atoms with E-state index < -0.39 is 0 Å². The molecular formula is C15H26N2S. The molecule has 3 heteroatoms. The van der Waals surface area contributed by atoms with E-state index in [-0.39, 0.29) is 0 Å². The fraction of sp³-hybridized carbons (Fsp3) is 0.733. The molecule has 1 heterocycles. The van der Waals surface area contributed by atoms with Crippen molar-refractivity contribution < 1.29 is 0 Å². The summed E-state index contributed by atoms with van der Waals surface area (Å²) >= 11 is 1.84. The lowest BCUT2D eigenvalue weighted by Gasteiger charge is -2.43. The molecule has 0 bridgehead atoms. The van der Waals surface area contributed by atoms with Crippen LogP contribution in [0.1, 0.15) is 38.0 Å². The van der Waals surface area contributed by atoms with E-state index in [2.05, 4.69) is 43.3 Å². The molecule has 0 radical (unpaired) electrons. The van der Waals surface area contributed by atoms with Gasteiger partial charge < -0.3 is 10.6 Å². The van der Waals surface area contributed by atoms with Gasteiger partial charge in [0.15, 0.2) is 0 Å². The predicted molar refractivity (Wildman–Crippen MR) is 79.8 cm³/mol. The maximum atomic E-state index is 6.45. The second-order valence-corrected chi connectivity index (χ2v) is 7.48. The molecule has 0 amide bonds. The van der Waals surface area contributed by atoms with Crippen molar-refractivity contribution >= 4 is 11.3 Å². The van der Waals surface area contributed by atoms with E-state index in [0.29, 0.717) is 17.4 Å². The number of hydrogen-bond donors (Lipinski definition) is 1. The summed E-state index contributed by atoms with van der Waals surface area (Å²) in [5.74, 6) is 0.652. The van der Waals surface area contributed by atoms with Crippen molar-refractivity contribution in [3.63, 3.8) is 0 Å². The van der Waals surface area contributed by atoms with Gasteiger partial charge in [-0.05, 0) is 42.7 Å².